The van der Waals surface area contributed by atoms with Crippen LogP contribution in [0.1, 0.15) is 5.56 Å². The van der Waals surface area contributed by atoms with Crippen LogP contribution in [0.25, 0.3) is 5.69 Å². The van der Waals surface area contributed by atoms with Crippen molar-refractivity contribution in [1.82, 2.24) is 14.1 Å². The summed E-state index contributed by atoms with van der Waals surface area (Å²) in [6.45, 7) is -0.105. The number of imidazole rings is 1. The summed E-state index contributed by atoms with van der Waals surface area (Å²) in [7, 11) is -3.85. The number of anilines is 1. The number of sulfonamides is 1. The molecule has 4 aromatic rings. The minimum atomic E-state index is -4.45. The van der Waals surface area contributed by atoms with Gasteiger partial charge in [-0.25, -0.2) is 17.8 Å². The molecule has 3 aromatic heterocycles. The molecule has 0 radical (unpaired) electrons. The lowest BCUT2D eigenvalue weighted by Crippen LogP contribution is -2.24. The standard InChI is InChI=1S/C20H15F3N4O4S3/c21-20(22,23)33-15-5-3-14(4-6-15)27-17(28)12-26(19(27)29)11-13-7-8-24-10-16(13)25-34(30,31)18-2-1-9-32-18/h1-10,12,25,28H,11H2. The van der Waals surface area contributed by atoms with E-state index in [0.29, 0.717) is 5.56 Å². The third-order valence-electron chi connectivity index (χ3n) is 4.52. The Balaban J connectivity index is 1.61. The van der Waals surface area contributed by atoms with E-state index in [9.17, 15) is 31.5 Å². The summed E-state index contributed by atoms with van der Waals surface area (Å²) in [6, 6.07) is 9.52. The molecule has 8 nitrogen and oxygen atoms in total. The van der Waals surface area contributed by atoms with Crippen LogP contribution in [0.4, 0.5) is 18.9 Å². The van der Waals surface area contributed by atoms with E-state index in [0.717, 1.165) is 26.7 Å². The number of halogens is 3. The molecule has 0 spiro atoms. The number of aromatic hydroxyl groups is 1. The number of hydrogen-bond donors (Lipinski definition) is 2. The van der Waals surface area contributed by atoms with Crippen molar-refractivity contribution < 1.29 is 26.7 Å². The van der Waals surface area contributed by atoms with Crippen LogP contribution in [0.2, 0.25) is 0 Å². The van der Waals surface area contributed by atoms with Crippen LogP contribution in [0.5, 0.6) is 5.88 Å². The van der Waals surface area contributed by atoms with E-state index in [2.05, 4.69) is 9.71 Å². The average Bonchev–Trinajstić information content (AvgIpc) is 3.39. The maximum absolute atomic E-state index is 12.9. The van der Waals surface area contributed by atoms with E-state index < -0.39 is 27.1 Å². The van der Waals surface area contributed by atoms with Crippen LogP contribution in [-0.4, -0.2) is 33.2 Å². The summed E-state index contributed by atoms with van der Waals surface area (Å²) in [5.74, 6) is -0.434. The monoisotopic (exact) mass is 528 g/mol. The van der Waals surface area contributed by atoms with Gasteiger partial charge >= 0.3 is 11.2 Å². The van der Waals surface area contributed by atoms with Crippen LogP contribution in [0, 0.1) is 0 Å². The third-order valence-corrected chi connectivity index (χ3v) is 8.02. The Morgan fingerprint density at radius 1 is 1.15 bits per heavy atom. The van der Waals surface area contributed by atoms with E-state index in [1.807, 2.05) is 0 Å². The molecule has 0 unspecified atom stereocenters. The fraction of sp³-hybridized carbons (Fsp3) is 0.100. The first-order valence-electron chi connectivity index (χ1n) is 9.40. The molecule has 0 aliphatic carbocycles. The van der Waals surface area contributed by atoms with E-state index in [1.165, 1.54) is 48.8 Å². The van der Waals surface area contributed by atoms with Gasteiger partial charge in [-0.3, -0.25) is 14.3 Å². The van der Waals surface area contributed by atoms with Crippen molar-refractivity contribution in [2.24, 2.45) is 0 Å². The minimum absolute atomic E-state index is 0.0670. The largest absolute Gasteiger partial charge is 0.493 e. The Kier molecular flexibility index (Phi) is 6.47. The molecule has 0 atom stereocenters. The molecule has 0 aliphatic rings. The second kappa shape index (κ2) is 9.19. The Morgan fingerprint density at radius 2 is 1.88 bits per heavy atom. The van der Waals surface area contributed by atoms with Gasteiger partial charge in [0.15, 0.2) is 0 Å². The Labute approximate surface area is 199 Å². The number of hydrogen-bond acceptors (Lipinski definition) is 7. The molecule has 0 aliphatic heterocycles. The fourth-order valence-electron chi connectivity index (χ4n) is 3.08. The van der Waals surface area contributed by atoms with E-state index in [1.54, 1.807) is 11.4 Å². The Hall–Kier alpha value is -3.23. The van der Waals surface area contributed by atoms with Crippen molar-refractivity contribution in [3.8, 4) is 11.6 Å². The lowest BCUT2D eigenvalue weighted by Gasteiger charge is -2.11. The molecule has 0 amide bonds. The van der Waals surface area contributed by atoms with Crippen molar-refractivity contribution in [3.63, 3.8) is 0 Å². The highest BCUT2D eigenvalue weighted by atomic mass is 32.2. The molecule has 2 N–H and O–H groups in total. The first-order valence-corrected chi connectivity index (χ1v) is 12.6. The summed E-state index contributed by atoms with van der Waals surface area (Å²) in [5.41, 5.74) is -4.38. The van der Waals surface area contributed by atoms with Gasteiger partial charge in [-0.05, 0) is 59.1 Å². The minimum Gasteiger partial charge on any atom is -0.493 e. The van der Waals surface area contributed by atoms with Crippen molar-refractivity contribution in [2.45, 2.75) is 21.2 Å². The number of thioether (sulfide) groups is 1. The molecule has 1 aromatic carbocycles. The number of benzene rings is 1. The Morgan fingerprint density at radius 3 is 2.53 bits per heavy atom. The van der Waals surface area contributed by atoms with Crippen LogP contribution in [0.15, 0.2) is 80.3 Å². The van der Waals surface area contributed by atoms with E-state index >= 15 is 0 Å². The molecule has 178 valence electrons. The molecule has 0 bridgehead atoms. The first kappa shape index (κ1) is 23.9. The normalized spacial score (nSPS) is 12.1. The molecule has 0 fully saturated rings. The van der Waals surface area contributed by atoms with Crippen molar-refractivity contribution in [3.05, 3.63) is 82.5 Å². The average molecular weight is 529 g/mol. The summed E-state index contributed by atoms with van der Waals surface area (Å²) in [4.78, 5) is 16.8. The summed E-state index contributed by atoms with van der Waals surface area (Å²) in [5, 5.41) is 11.9. The second-order valence-electron chi connectivity index (χ2n) is 6.85. The van der Waals surface area contributed by atoms with Crippen molar-refractivity contribution in [1.29, 1.82) is 0 Å². The molecule has 3 heterocycles. The molecule has 4 rings (SSSR count). The first-order chi connectivity index (χ1) is 16.0. The smallest absolute Gasteiger partial charge is 0.446 e. The van der Waals surface area contributed by atoms with Gasteiger partial charge in [0.25, 0.3) is 10.0 Å². The molecule has 0 saturated carbocycles. The van der Waals surface area contributed by atoms with Crippen LogP contribution in [0.3, 0.4) is 0 Å². The number of nitrogens with zero attached hydrogens (tertiary/aromatic N) is 3. The summed E-state index contributed by atoms with van der Waals surface area (Å²) < 4.78 is 67.4. The van der Waals surface area contributed by atoms with Crippen molar-refractivity contribution in [2.75, 3.05) is 4.72 Å². The third kappa shape index (κ3) is 5.29. The Bertz CT molecular complexity index is 1460. The van der Waals surface area contributed by atoms with Gasteiger partial charge in [-0.15, -0.1) is 11.3 Å². The predicted octanol–water partition coefficient (Wildman–Crippen LogP) is 4.26. The zero-order chi connectivity index (χ0) is 24.5. The molecular weight excluding hydrogens is 513 g/mol. The van der Waals surface area contributed by atoms with Gasteiger partial charge < -0.3 is 5.11 Å². The highest BCUT2D eigenvalue weighted by molar-refractivity contribution is 8.00. The maximum Gasteiger partial charge on any atom is 0.446 e. The van der Waals surface area contributed by atoms with Gasteiger partial charge in [-0.1, -0.05) is 6.07 Å². The number of pyridine rings is 1. The number of rotatable bonds is 7. The van der Waals surface area contributed by atoms with Gasteiger partial charge in [0.1, 0.15) is 4.21 Å². The number of thiophene rings is 1. The zero-order valence-corrected chi connectivity index (χ0v) is 19.4. The van der Waals surface area contributed by atoms with Crippen LogP contribution in [-0.2, 0) is 16.6 Å². The quantitative estimate of drug-likeness (QED) is 0.347. The van der Waals surface area contributed by atoms with Crippen LogP contribution >= 0.6 is 23.1 Å². The molecule has 14 heteroatoms. The van der Waals surface area contributed by atoms with Gasteiger partial charge in [0, 0.05) is 11.1 Å². The summed E-state index contributed by atoms with van der Waals surface area (Å²) >= 11 is 0.750. The van der Waals surface area contributed by atoms with Gasteiger partial charge in [0.2, 0.25) is 5.88 Å². The van der Waals surface area contributed by atoms with Crippen molar-refractivity contribution >= 4 is 38.8 Å². The number of nitrogens with one attached hydrogen (secondary N) is 1. The van der Waals surface area contributed by atoms with E-state index in [4.69, 9.17) is 0 Å². The van der Waals surface area contributed by atoms with Gasteiger partial charge in [-0.2, -0.15) is 13.2 Å². The predicted molar refractivity (Wildman–Crippen MR) is 122 cm³/mol. The lowest BCUT2D eigenvalue weighted by atomic mass is 10.2. The zero-order valence-electron chi connectivity index (χ0n) is 16.9. The van der Waals surface area contributed by atoms with Gasteiger partial charge in [0.05, 0.1) is 30.3 Å². The molecule has 34 heavy (non-hydrogen) atoms. The second-order valence-corrected chi connectivity index (χ2v) is 10.8. The molecule has 0 saturated heterocycles. The lowest BCUT2D eigenvalue weighted by molar-refractivity contribution is -0.0328. The SMILES string of the molecule is O=c1n(Cc2ccncc2NS(=O)(=O)c2cccs2)cc(O)n1-c1ccc(SC(F)(F)F)cc1. The summed E-state index contributed by atoms with van der Waals surface area (Å²) in [6.07, 6.45) is 3.88. The topological polar surface area (TPSA) is 106 Å². The highest BCUT2D eigenvalue weighted by Gasteiger charge is 2.29. The number of aromatic nitrogens is 3. The molecular formula is C20H15F3N4O4S3. The highest BCUT2D eigenvalue weighted by Crippen LogP contribution is 2.37. The van der Waals surface area contributed by atoms with Crippen LogP contribution < -0.4 is 10.4 Å². The maximum atomic E-state index is 12.9. The van der Waals surface area contributed by atoms with E-state index in [-0.39, 0.29) is 38.8 Å². The fourth-order valence-corrected chi connectivity index (χ4v) is 5.70. The number of alkyl halides is 3.